The zero-order valence-electron chi connectivity index (χ0n) is 8.10. The first kappa shape index (κ1) is 9.39. The first-order chi connectivity index (χ1) is 7.20. The van der Waals surface area contributed by atoms with Crippen molar-refractivity contribution in [2.75, 3.05) is 7.11 Å². The molecule has 15 heavy (non-hydrogen) atoms. The van der Waals surface area contributed by atoms with E-state index in [-0.39, 0.29) is 5.69 Å². The summed E-state index contributed by atoms with van der Waals surface area (Å²) in [4.78, 5) is 19.1. The van der Waals surface area contributed by atoms with Crippen LogP contribution in [0.3, 0.4) is 0 Å². The number of nitrogens with zero attached hydrogens (tertiary/aromatic N) is 2. The topological polar surface area (TPSA) is 78.1 Å². The van der Waals surface area contributed by atoms with Crippen molar-refractivity contribution in [3.8, 4) is 5.88 Å². The number of methoxy groups -OCH3 is 1. The highest BCUT2D eigenvalue weighted by Gasteiger charge is 2.04. The molecule has 0 aliphatic heterocycles. The smallest absolute Gasteiger partial charge is 0.267 e. The Kier molecular flexibility index (Phi) is 2.21. The fourth-order valence-electron chi connectivity index (χ4n) is 1.24. The second-order valence-electron chi connectivity index (χ2n) is 2.95. The van der Waals surface area contributed by atoms with Gasteiger partial charge >= 0.3 is 0 Å². The van der Waals surface area contributed by atoms with Crippen molar-refractivity contribution in [3.63, 3.8) is 0 Å². The monoisotopic (exact) mass is 203 g/mol. The number of ether oxygens (including phenoxy) is 1. The summed E-state index contributed by atoms with van der Waals surface area (Å²) in [5, 5.41) is 0. The van der Waals surface area contributed by atoms with Crippen molar-refractivity contribution in [3.05, 3.63) is 30.0 Å². The number of amides is 1. The third-order valence-corrected chi connectivity index (χ3v) is 1.98. The van der Waals surface area contributed by atoms with Crippen LogP contribution in [0.2, 0.25) is 0 Å². The molecule has 0 radical (unpaired) electrons. The van der Waals surface area contributed by atoms with Crippen LogP contribution in [0.25, 0.3) is 11.0 Å². The summed E-state index contributed by atoms with van der Waals surface area (Å²) in [6.07, 6.45) is 0. The first-order valence-corrected chi connectivity index (χ1v) is 4.32. The van der Waals surface area contributed by atoms with Gasteiger partial charge in [0.2, 0.25) is 5.88 Å². The second kappa shape index (κ2) is 3.53. The molecule has 0 aliphatic rings. The number of carbonyl (C=O) groups excluding carboxylic acids is 1. The number of aromatic nitrogens is 2. The van der Waals surface area contributed by atoms with Crippen molar-refractivity contribution in [2.45, 2.75) is 0 Å². The van der Waals surface area contributed by atoms with Crippen molar-refractivity contribution in [1.29, 1.82) is 0 Å². The summed E-state index contributed by atoms with van der Waals surface area (Å²) >= 11 is 0. The minimum absolute atomic E-state index is 0.231. The predicted molar refractivity (Wildman–Crippen MR) is 54.6 cm³/mol. The van der Waals surface area contributed by atoms with E-state index in [9.17, 15) is 4.79 Å². The molecule has 0 unspecified atom stereocenters. The molecule has 0 saturated carbocycles. The summed E-state index contributed by atoms with van der Waals surface area (Å²) in [7, 11) is 1.54. The minimum atomic E-state index is -0.548. The van der Waals surface area contributed by atoms with Crippen LogP contribution in [0.5, 0.6) is 5.88 Å². The van der Waals surface area contributed by atoms with E-state index < -0.39 is 5.91 Å². The Morgan fingerprint density at radius 3 is 2.53 bits per heavy atom. The molecule has 2 aromatic heterocycles. The van der Waals surface area contributed by atoms with Crippen LogP contribution in [-0.2, 0) is 0 Å². The molecule has 2 heterocycles. The van der Waals surface area contributed by atoms with Crippen LogP contribution in [-0.4, -0.2) is 23.0 Å². The Morgan fingerprint density at radius 2 is 1.87 bits per heavy atom. The highest BCUT2D eigenvalue weighted by Crippen LogP contribution is 2.14. The fraction of sp³-hybridized carbons (Fsp3) is 0.100. The predicted octanol–water partition coefficient (Wildman–Crippen LogP) is 0.737. The summed E-state index contributed by atoms with van der Waals surface area (Å²) < 4.78 is 4.97. The number of primary amides is 1. The van der Waals surface area contributed by atoms with E-state index in [1.807, 2.05) is 0 Å². The Labute approximate surface area is 85.9 Å². The first-order valence-electron chi connectivity index (χ1n) is 4.32. The van der Waals surface area contributed by atoms with Gasteiger partial charge in [0, 0.05) is 6.07 Å². The van der Waals surface area contributed by atoms with Gasteiger partial charge in [-0.2, -0.15) is 0 Å². The molecule has 2 rings (SSSR count). The Balaban J connectivity index is 2.59. The van der Waals surface area contributed by atoms with Crippen LogP contribution < -0.4 is 10.5 Å². The molecule has 0 aromatic carbocycles. The standard InChI is InChI=1S/C10H9N3O2/c1-15-9-5-4-6-7(13-9)2-3-8(12-6)10(11)14/h2-5H,1H3,(H2,11,14). The van der Waals surface area contributed by atoms with Gasteiger partial charge in [-0.15, -0.1) is 0 Å². The van der Waals surface area contributed by atoms with Gasteiger partial charge < -0.3 is 10.5 Å². The molecule has 0 spiro atoms. The maximum Gasteiger partial charge on any atom is 0.267 e. The number of pyridine rings is 2. The Bertz CT molecular complexity index is 525. The van der Waals surface area contributed by atoms with E-state index in [4.69, 9.17) is 10.5 Å². The lowest BCUT2D eigenvalue weighted by Crippen LogP contribution is -2.12. The molecule has 0 fully saturated rings. The second-order valence-corrected chi connectivity index (χ2v) is 2.95. The number of rotatable bonds is 2. The Morgan fingerprint density at radius 1 is 1.20 bits per heavy atom. The molecule has 0 aliphatic carbocycles. The van der Waals surface area contributed by atoms with E-state index in [0.717, 1.165) is 0 Å². The fourth-order valence-corrected chi connectivity index (χ4v) is 1.24. The molecular formula is C10H9N3O2. The average molecular weight is 203 g/mol. The maximum atomic E-state index is 10.9. The normalized spacial score (nSPS) is 10.2. The van der Waals surface area contributed by atoms with E-state index in [0.29, 0.717) is 16.9 Å². The Hall–Kier alpha value is -2.17. The maximum absolute atomic E-state index is 10.9. The van der Waals surface area contributed by atoms with Gasteiger partial charge in [0.1, 0.15) is 5.69 Å². The minimum Gasteiger partial charge on any atom is -0.481 e. The summed E-state index contributed by atoms with van der Waals surface area (Å²) in [6, 6.07) is 6.63. The van der Waals surface area contributed by atoms with Gasteiger partial charge in [0.05, 0.1) is 18.1 Å². The van der Waals surface area contributed by atoms with Crippen molar-refractivity contribution in [1.82, 2.24) is 9.97 Å². The van der Waals surface area contributed by atoms with E-state index >= 15 is 0 Å². The number of carbonyl (C=O) groups is 1. The lowest BCUT2D eigenvalue weighted by Gasteiger charge is -2.01. The quantitative estimate of drug-likeness (QED) is 0.780. The van der Waals surface area contributed by atoms with Gasteiger partial charge in [-0.05, 0) is 18.2 Å². The van der Waals surface area contributed by atoms with Crippen LogP contribution in [0.4, 0.5) is 0 Å². The zero-order chi connectivity index (χ0) is 10.8. The number of nitrogens with two attached hydrogens (primary N) is 1. The zero-order valence-corrected chi connectivity index (χ0v) is 8.10. The largest absolute Gasteiger partial charge is 0.481 e. The number of fused-ring (bicyclic) bond motifs is 1. The lowest BCUT2D eigenvalue weighted by atomic mass is 10.2. The third-order valence-electron chi connectivity index (χ3n) is 1.98. The van der Waals surface area contributed by atoms with Gasteiger partial charge in [0.15, 0.2) is 0 Å². The van der Waals surface area contributed by atoms with Crippen LogP contribution in [0.1, 0.15) is 10.5 Å². The molecule has 0 bridgehead atoms. The lowest BCUT2D eigenvalue weighted by molar-refractivity contribution is 0.0996. The molecule has 2 aromatic rings. The van der Waals surface area contributed by atoms with Crippen LogP contribution in [0, 0.1) is 0 Å². The summed E-state index contributed by atoms with van der Waals surface area (Å²) in [6.45, 7) is 0. The molecule has 0 atom stereocenters. The summed E-state index contributed by atoms with van der Waals surface area (Å²) in [5.41, 5.74) is 6.63. The van der Waals surface area contributed by atoms with E-state index in [2.05, 4.69) is 9.97 Å². The van der Waals surface area contributed by atoms with Crippen molar-refractivity contribution in [2.24, 2.45) is 5.73 Å². The van der Waals surface area contributed by atoms with Crippen LogP contribution >= 0.6 is 0 Å². The highest BCUT2D eigenvalue weighted by molar-refractivity contribution is 5.93. The molecule has 5 nitrogen and oxygen atoms in total. The summed E-state index contributed by atoms with van der Waals surface area (Å²) in [5.74, 6) is -0.0381. The third kappa shape index (κ3) is 1.71. The molecule has 5 heteroatoms. The van der Waals surface area contributed by atoms with Crippen LogP contribution in [0.15, 0.2) is 24.3 Å². The number of hydrogen-bond donors (Lipinski definition) is 1. The van der Waals surface area contributed by atoms with Gasteiger partial charge in [-0.3, -0.25) is 4.79 Å². The van der Waals surface area contributed by atoms with Crippen molar-refractivity contribution >= 4 is 16.9 Å². The van der Waals surface area contributed by atoms with Gasteiger partial charge in [0.25, 0.3) is 5.91 Å². The highest BCUT2D eigenvalue weighted by atomic mass is 16.5. The van der Waals surface area contributed by atoms with E-state index in [1.54, 1.807) is 25.3 Å². The molecule has 1 amide bonds. The molecule has 76 valence electrons. The number of hydrogen-bond acceptors (Lipinski definition) is 4. The average Bonchev–Trinajstić information content (AvgIpc) is 2.27. The molecular weight excluding hydrogens is 194 g/mol. The SMILES string of the molecule is COc1ccc2nc(C(N)=O)ccc2n1. The van der Waals surface area contributed by atoms with Gasteiger partial charge in [-0.25, -0.2) is 9.97 Å². The molecule has 2 N–H and O–H groups in total. The molecule has 0 saturated heterocycles. The van der Waals surface area contributed by atoms with E-state index in [1.165, 1.54) is 6.07 Å². The van der Waals surface area contributed by atoms with Crippen molar-refractivity contribution < 1.29 is 9.53 Å². The van der Waals surface area contributed by atoms with Gasteiger partial charge in [-0.1, -0.05) is 0 Å².